The number of nitrogens with zero attached hydrogens (tertiary/aromatic N) is 4. The van der Waals surface area contributed by atoms with E-state index in [4.69, 9.17) is 4.74 Å². The molecule has 0 saturated carbocycles. The summed E-state index contributed by atoms with van der Waals surface area (Å²) in [5, 5.41) is 3.09. The highest BCUT2D eigenvalue weighted by molar-refractivity contribution is 7.93. The number of hydrogen-bond acceptors (Lipinski definition) is 7. The zero-order valence-electron chi connectivity index (χ0n) is 13.4. The molecule has 1 N–H and O–H groups in total. The number of anilines is 1. The Hall–Kier alpha value is -1.87. The third-order valence-corrected chi connectivity index (χ3v) is 4.09. The van der Waals surface area contributed by atoms with Crippen LogP contribution in [0.4, 0.5) is 9.83 Å². The lowest BCUT2D eigenvalue weighted by atomic mass is 10.2. The van der Waals surface area contributed by atoms with Crippen LogP contribution in [0.3, 0.4) is 0 Å². The number of halogens is 1. The molecule has 0 atom stereocenters. The molecule has 0 unspecified atom stereocenters. The first kappa shape index (κ1) is 17.5. The molecule has 0 aliphatic rings. The number of fused-ring (bicyclic) bond motifs is 1. The van der Waals surface area contributed by atoms with E-state index in [1.807, 2.05) is 0 Å². The van der Waals surface area contributed by atoms with Crippen LogP contribution in [-0.4, -0.2) is 58.1 Å². The van der Waals surface area contributed by atoms with E-state index in [1.165, 1.54) is 23.3 Å². The molecule has 0 spiro atoms. The van der Waals surface area contributed by atoms with Gasteiger partial charge in [-0.3, -0.25) is 0 Å². The standard InChI is InChI=1S/C14H20FN5O2S/c1-4-19(5-2)9-8-17-14-18-12-11(20(14)23-15)10(6-7-16-12)13(21)22-3/h6-7H,4-5,8-9H2,1-3H3,(H,16,17,18). The molecule has 2 heterocycles. The SMILES string of the molecule is CCN(CC)CCNc1nc2nccc(C(=O)OC)c2n1SF. The Bertz CT molecular complexity index is 674. The number of carbonyl (C=O) groups excluding carboxylic acids is 1. The number of rotatable bonds is 8. The maximum Gasteiger partial charge on any atom is 0.340 e. The van der Waals surface area contributed by atoms with Gasteiger partial charge in [-0.2, -0.15) is 4.98 Å². The van der Waals surface area contributed by atoms with E-state index >= 15 is 0 Å². The first-order valence-electron chi connectivity index (χ1n) is 7.37. The van der Waals surface area contributed by atoms with Crippen molar-refractivity contribution in [1.82, 2.24) is 18.8 Å². The summed E-state index contributed by atoms with van der Waals surface area (Å²) in [4.78, 5) is 22.4. The van der Waals surface area contributed by atoms with Gasteiger partial charge in [0.2, 0.25) is 5.95 Å². The second-order valence-corrected chi connectivity index (χ2v) is 5.28. The Morgan fingerprint density at radius 3 is 2.83 bits per heavy atom. The molecule has 2 rings (SSSR count). The average molecular weight is 341 g/mol. The maximum atomic E-state index is 13.4. The van der Waals surface area contributed by atoms with Crippen molar-refractivity contribution in [3.8, 4) is 0 Å². The maximum absolute atomic E-state index is 13.4. The average Bonchev–Trinajstić information content (AvgIpc) is 2.95. The molecule has 126 valence electrons. The van der Waals surface area contributed by atoms with Crippen molar-refractivity contribution < 1.29 is 13.4 Å². The van der Waals surface area contributed by atoms with Crippen LogP contribution in [0.15, 0.2) is 12.3 Å². The predicted octanol–water partition coefficient (Wildman–Crippen LogP) is 2.35. The molecule has 2 aromatic heterocycles. The highest BCUT2D eigenvalue weighted by Gasteiger charge is 2.20. The first-order valence-corrected chi connectivity index (χ1v) is 8.04. The number of imidazole rings is 1. The zero-order valence-corrected chi connectivity index (χ0v) is 14.2. The summed E-state index contributed by atoms with van der Waals surface area (Å²) in [5.41, 5.74) is 0.826. The van der Waals surface area contributed by atoms with Crippen molar-refractivity contribution >= 4 is 35.4 Å². The Morgan fingerprint density at radius 1 is 1.48 bits per heavy atom. The van der Waals surface area contributed by atoms with Gasteiger partial charge in [-0.15, -0.1) is 3.89 Å². The molecule has 0 saturated heterocycles. The highest BCUT2D eigenvalue weighted by atomic mass is 32.2. The number of hydrogen-bond donors (Lipinski definition) is 1. The Balaban J connectivity index is 2.29. The number of esters is 1. The van der Waals surface area contributed by atoms with E-state index in [-0.39, 0.29) is 17.9 Å². The van der Waals surface area contributed by atoms with Gasteiger partial charge in [0.15, 0.2) is 18.0 Å². The number of ether oxygens (including phenoxy) is 1. The van der Waals surface area contributed by atoms with Gasteiger partial charge in [-0.1, -0.05) is 13.8 Å². The van der Waals surface area contributed by atoms with Gasteiger partial charge in [0.05, 0.1) is 12.7 Å². The van der Waals surface area contributed by atoms with Crippen LogP contribution in [0.1, 0.15) is 24.2 Å². The van der Waals surface area contributed by atoms with Gasteiger partial charge >= 0.3 is 5.97 Å². The molecule has 9 heteroatoms. The lowest BCUT2D eigenvalue weighted by Crippen LogP contribution is -2.29. The van der Waals surface area contributed by atoms with Crippen LogP contribution in [0, 0.1) is 0 Å². The molecule has 0 bridgehead atoms. The van der Waals surface area contributed by atoms with Crippen molar-refractivity contribution in [2.75, 3.05) is 38.6 Å². The number of aromatic nitrogens is 3. The molecule has 0 aliphatic heterocycles. The Morgan fingerprint density at radius 2 is 2.22 bits per heavy atom. The van der Waals surface area contributed by atoms with Gasteiger partial charge in [-0.25, -0.2) is 13.8 Å². The number of nitrogens with one attached hydrogen (secondary N) is 1. The fourth-order valence-corrected chi connectivity index (χ4v) is 2.72. The van der Waals surface area contributed by atoms with E-state index < -0.39 is 5.97 Å². The highest BCUT2D eigenvalue weighted by Crippen LogP contribution is 2.27. The van der Waals surface area contributed by atoms with Gasteiger partial charge in [0.1, 0.15) is 5.52 Å². The molecule has 0 radical (unpaired) electrons. The topological polar surface area (TPSA) is 72.3 Å². The minimum Gasteiger partial charge on any atom is -0.465 e. The van der Waals surface area contributed by atoms with Crippen LogP contribution < -0.4 is 5.32 Å². The van der Waals surface area contributed by atoms with E-state index in [9.17, 15) is 8.68 Å². The van der Waals surface area contributed by atoms with Gasteiger partial charge in [0.25, 0.3) is 0 Å². The van der Waals surface area contributed by atoms with E-state index in [0.29, 0.717) is 23.7 Å². The van der Waals surface area contributed by atoms with Gasteiger partial charge in [0, 0.05) is 19.3 Å². The fourth-order valence-electron chi connectivity index (χ4n) is 2.30. The molecule has 0 amide bonds. The normalized spacial score (nSPS) is 11.2. The molecule has 23 heavy (non-hydrogen) atoms. The minimum atomic E-state index is -0.553. The molecule has 0 fully saturated rings. The van der Waals surface area contributed by atoms with Crippen molar-refractivity contribution in [1.29, 1.82) is 0 Å². The summed E-state index contributed by atoms with van der Waals surface area (Å²) in [6.07, 6.45) is 1.45. The predicted molar refractivity (Wildman–Crippen MR) is 89.2 cm³/mol. The second-order valence-electron chi connectivity index (χ2n) is 4.77. The van der Waals surface area contributed by atoms with Crippen molar-refractivity contribution in [3.63, 3.8) is 0 Å². The van der Waals surface area contributed by atoms with Gasteiger partial charge in [-0.05, 0) is 19.2 Å². The van der Waals surface area contributed by atoms with Crippen LogP contribution in [0.25, 0.3) is 11.2 Å². The largest absolute Gasteiger partial charge is 0.465 e. The van der Waals surface area contributed by atoms with Crippen LogP contribution in [0.5, 0.6) is 0 Å². The van der Waals surface area contributed by atoms with E-state index in [0.717, 1.165) is 19.6 Å². The lowest BCUT2D eigenvalue weighted by molar-refractivity contribution is 0.0602. The fraction of sp³-hybridized carbons (Fsp3) is 0.500. The van der Waals surface area contributed by atoms with Crippen molar-refractivity contribution in [2.45, 2.75) is 13.8 Å². The molecule has 0 aliphatic carbocycles. The number of likely N-dealkylation sites (N-methyl/N-ethyl adjacent to an activating group) is 1. The van der Waals surface area contributed by atoms with Crippen LogP contribution in [0.2, 0.25) is 0 Å². The second kappa shape index (κ2) is 8.11. The van der Waals surface area contributed by atoms with Crippen LogP contribution in [-0.2, 0) is 4.74 Å². The summed E-state index contributed by atoms with van der Waals surface area (Å²) in [5.74, 6) is -0.231. The Labute approximate surface area is 138 Å². The van der Waals surface area contributed by atoms with Crippen molar-refractivity contribution in [2.24, 2.45) is 0 Å². The summed E-state index contributed by atoms with van der Waals surface area (Å²) in [6.45, 7) is 7.48. The summed E-state index contributed by atoms with van der Waals surface area (Å²) >= 11 is -0.0257. The first-order chi connectivity index (χ1) is 11.2. The third kappa shape index (κ3) is 3.73. The third-order valence-electron chi connectivity index (χ3n) is 3.59. The summed E-state index contributed by atoms with van der Waals surface area (Å²) < 4.78 is 19.4. The number of carbonyl (C=O) groups is 1. The molecule has 0 aromatic carbocycles. The molecular weight excluding hydrogens is 321 g/mol. The summed E-state index contributed by atoms with van der Waals surface area (Å²) in [6, 6.07) is 1.49. The zero-order chi connectivity index (χ0) is 16.8. The molecule has 7 nitrogen and oxygen atoms in total. The lowest BCUT2D eigenvalue weighted by Gasteiger charge is -2.18. The minimum absolute atomic E-state index is 0.0257. The quantitative estimate of drug-likeness (QED) is 0.739. The monoisotopic (exact) mass is 341 g/mol. The number of methoxy groups -OCH3 is 1. The summed E-state index contributed by atoms with van der Waals surface area (Å²) in [7, 11) is 1.28. The number of pyridine rings is 1. The molecule has 2 aromatic rings. The van der Waals surface area contributed by atoms with Crippen LogP contribution >= 0.6 is 12.3 Å². The van der Waals surface area contributed by atoms with Crippen molar-refractivity contribution in [3.05, 3.63) is 17.8 Å². The van der Waals surface area contributed by atoms with Gasteiger partial charge < -0.3 is 15.0 Å². The Kier molecular flexibility index (Phi) is 6.17. The van der Waals surface area contributed by atoms with E-state index in [1.54, 1.807) is 0 Å². The molecular formula is C14H20FN5O2S. The van der Waals surface area contributed by atoms with E-state index in [2.05, 4.69) is 34.0 Å². The smallest absolute Gasteiger partial charge is 0.340 e.